The third kappa shape index (κ3) is 19.7. The first-order valence-corrected chi connectivity index (χ1v) is 34.7. The molecule has 8 N–H and O–H groups in total. The van der Waals surface area contributed by atoms with Crippen molar-refractivity contribution in [2.24, 2.45) is 29.4 Å². The number of rotatable bonds is 44. The molecule has 3 aliphatic carbocycles. The van der Waals surface area contributed by atoms with Gasteiger partial charge in [0.2, 0.25) is 17.7 Å². The monoisotopic (exact) mass is 1320 g/mol. The molecule has 1 aromatic heterocycles. The molecule has 5 aromatic rings. The molecule has 2 heterocycles. The molecule has 4 aliphatic rings. The maximum atomic E-state index is 14.2. The number of aryl methyl sites for hydroxylation is 1. The maximum absolute atomic E-state index is 14.2. The molecular formula is C73H99N11O12. The zero-order chi connectivity index (χ0) is 68.4. The van der Waals surface area contributed by atoms with Crippen LogP contribution in [0, 0.1) is 0 Å². The van der Waals surface area contributed by atoms with Gasteiger partial charge in [-0.15, -0.1) is 0 Å². The molecule has 23 heteroatoms. The number of unbranched alkanes of at least 4 members (excludes halogenated alkanes) is 12. The minimum absolute atomic E-state index is 0.00634. The van der Waals surface area contributed by atoms with Crippen LogP contribution >= 0.6 is 0 Å². The van der Waals surface area contributed by atoms with Gasteiger partial charge in [-0.2, -0.15) is 0 Å². The molecular weight excluding hydrogens is 1220 g/mol. The minimum atomic E-state index is -0.944. The summed E-state index contributed by atoms with van der Waals surface area (Å²) in [5, 5.41) is 10.2. The molecule has 1 saturated heterocycles. The fourth-order valence-electron chi connectivity index (χ4n) is 13.8. The van der Waals surface area contributed by atoms with E-state index in [4.69, 9.17) is 35.8 Å². The van der Waals surface area contributed by atoms with E-state index < -0.39 is 34.8 Å². The SMILES string of the molecule is CN(CCOCCOCCOCCNC(=O)CCC12c3cc(CC(=O)CCCCCCCN)ccc3C(c3ccc(CC(=O)CCCCCCCN)cc31)c1ccc(NC(=O)CCCCCCCN)cc12)C(=O)[C@@H]1C[C@H](N=[N+]=[N-])CN1C(=O)c1ccc2c(=O)oc(=O)n(C)c2c1. The lowest BCUT2D eigenvalue weighted by Gasteiger charge is -2.51. The lowest BCUT2D eigenvalue weighted by atomic mass is 9.51. The summed E-state index contributed by atoms with van der Waals surface area (Å²) < 4.78 is 23.2. The second kappa shape index (κ2) is 37.6. The average molecular weight is 1320 g/mol. The molecule has 1 fully saturated rings. The van der Waals surface area contributed by atoms with Gasteiger partial charge in [-0.1, -0.05) is 105 Å². The highest BCUT2D eigenvalue weighted by Gasteiger charge is 2.52. The summed E-state index contributed by atoms with van der Waals surface area (Å²) >= 11 is 0. The van der Waals surface area contributed by atoms with Crippen molar-refractivity contribution >= 4 is 51.8 Å². The van der Waals surface area contributed by atoms with Gasteiger partial charge in [0.05, 0.1) is 56.6 Å². The fraction of sp³-hybridized carbons (Fsp3) is 0.562. The van der Waals surface area contributed by atoms with Crippen molar-refractivity contribution in [2.75, 3.05) is 91.3 Å². The summed E-state index contributed by atoms with van der Waals surface area (Å²) in [6, 6.07) is 21.7. The number of likely N-dealkylation sites (N-methyl/N-ethyl adjacent to an activating group) is 1. The molecule has 0 spiro atoms. The van der Waals surface area contributed by atoms with Crippen LogP contribution in [0.15, 0.2) is 91.9 Å². The minimum Gasteiger partial charge on any atom is -0.377 e. The molecule has 2 atom stereocenters. The summed E-state index contributed by atoms with van der Waals surface area (Å²) in [5.41, 5.74) is 33.8. The Morgan fingerprint density at radius 2 is 1.18 bits per heavy atom. The Balaban J connectivity index is 0.874. The van der Waals surface area contributed by atoms with Crippen LogP contribution in [-0.2, 0) is 63.5 Å². The third-order valence-corrected chi connectivity index (χ3v) is 18.9. The number of nitrogens with zero attached hydrogens (tertiary/aromatic N) is 6. The Bertz CT molecular complexity index is 3460. The number of hydrogen-bond acceptors (Lipinski definition) is 16. The summed E-state index contributed by atoms with van der Waals surface area (Å²) in [7, 11) is 3.01. The Morgan fingerprint density at radius 1 is 0.646 bits per heavy atom. The van der Waals surface area contributed by atoms with Gasteiger partial charge in [-0.3, -0.25) is 33.3 Å². The smallest absolute Gasteiger partial charge is 0.377 e. The van der Waals surface area contributed by atoms with E-state index in [1.54, 1.807) is 7.05 Å². The molecule has 0 radical (unpaired) electrons. The van der Waals surface area contributed by atoms with Crippen LogP contribution in [0.3, 0.4) is 0 Å². The van der Waals surface area contributed by atoms with Gasteiger partial charge < -0.3 is 56.3 Å². The van der Waals surface area contributed by atoms with E-state index in [0.29, 0.717) is 51.0 Å². The van der Waals surface area contributed by atoms with Gasteiger partial charge in [-0.25, -0.2) is 9.59 Å². The van der Waals surface area contributed by atoms with Crippen LogP contribution < -0.4 is 39.2 Å². The molecule has 518 valence electrons. The van der Waals surface area contributed by atoms with E-state index in [1.165, 1.54) is 35.0 Å². The molecule has 96 heavy (non-hydrogen) atoms. The number of azide groups is 1. The van der Waals surface area contributed by atoms with Crippen molar-refractivity contribution in [1.82, 2.24) is 19.7 Å². The number of nitrogens with two attached hydrogens (primary N) is 3. The number of likely N-dealkylation sites (tertiary alicyclic amines) is 1. The van der Waals surface area contributed by atoms with Crippen molar-refractivity contribution in [3.05, 3.63) is 154 Å². The molecule has 23 nitrogen and oxygen atoms in total. The van der Waals surface area contributed by atoms with E-state index in [1.807, 2.05) is 6.07 Å². The first-order chi connectivity index (χ1) is 46.6. The molecule has 0 saturated carbocycles. The second-order valence-electron chi connectivity index (χ2n) is 25.8. The summed E-state index contributed by atoms with van der Waals surface area (Å²) in [5.74, 6) is -1.83. The number of amides is 4. The van der Waals surface area contributed by atoms with E-state index in [0.717, 1.165) is 145 Å². The van der Waals surface area contributed by atoms with Crippen molar-refractivity contribution in [1.29, 1.82) is 0 Å². The highest BCUT2D eigenvalue weighted by Crippen LogP contribution is 2.61. The van der Waals surface area contributed by atoms with E-state index in [-0.39, 0.29) is 137 Å². The number of anilines is 1. The zero-order valence-electron chi connectivity index (χ0n) is 56.2. The zero-order valence-corrected chi connectivity index (χ0v) is 56.2. The van der Waals surface area contributed by atoms with Gasteiger partial charge in [0.25, 0.3) is 5.91 Å². The predicted molar refractivity (Wildman–Crippen MR) is 369 cm³/mol. The third-order valence-electron chi connectivity index (χ3n) is 18.9. The number of aromatic nitrogens is 1. The molecule has 2 bridgehead atoms. The summed E-state index contributed by atoms with van der Waals surface area (Å²) in [4.78, 5) is 113. The number of benzene rings is 4. The molecule has 1 aliphatic heterocycles. The van der Waals surface area contributed by atoms with Gasteiger partial charge in [0, 0.05) is 99.7 Å². The van der Waals surface area contributed by atoms with Crippen LogP contribution in [0.2, 0.25) is 0 Å². The molecule has 0 unspecified atom stereocenters. The Labute approximate surface area is 562 Å². The van der Waals surface area contributed by atoms with E-state index in [9.17, 15) is 43.9 Å². The van der Waals surface area contributed by atoms with Crippen LogP contribution in [-0.4, -0.2) is 148 Å². The Hall–Kier alpha value is -7.89. The molecule has 4 aromatic carbocycles. The van der Waals surface area contributed by atoms with Crippen molar-refractivity contribution in [3.8, 4) is 0 Å². The number of fused-ring (bicyclic) bond motifs is 1. The molecule has 4 amide bonds. The fourth-order valence-corrected chi connectivity index (χ4v) is 13.8. The highest BCUT2D eigenvalue weighted by atomic mass is 16.5. The number of ketones is 2. The Kier molecular flexibility index (Phi) is 28.9. The summed E-state index contributed by atoms with van der Waals surface area (Å²) in [6.45, 7) is 3.84. The topological polar surface area (TPSA) is 340 Å². The van der Waals surface area contributed by atoms with Crippen LogP contribution in [0.1, 0.15) is 196 Å². The first-order valence-electron chi connectivity index (χ1n) is 34.7. The highest BCUT2D eigenvalue weighted by molar-refractivity contribution is 6.00. The Morgan fingerprint density at radius 3 is 1.76 bits per heavy atom. The second-order valence-corrected chi connectivity index (χ2v) is 25.8. The lowest BCUT2D eigenvalue weighted by molar-refractivity contribution is -0.134. The van der Waals surface area contributed by atoms with Crippen molar-refractivity contribution in [2.45, 2.75) is 171 Å². The predicted octanol–water partition coefficient (Wildman–Crippen LogP) is 8.69. The van der Waals surface area contributed by atoms with Gasteiger partial charge in [0.15, 0.2) is 0 Å². The summed E-state index contributed by atoms with van der Waals surface area (Å²) in [6.07, 6.45) is 17.1. The van der Waals surface area contributed by atoms with Gasteiger partial charge in [0.1, 0.15) is 17.6 Å². The normalized spacial score (nSPS) is 16.6. The quantitative estimate of drug-likeness (QED) is 0.0105. The lowest BCUT2D eigenvalue weighted by Crippen LogP contribution is -2.47. The largest absolute Gasteiger partial charge is 0.422 e. The van der Waals surface area contributed by atoms with Gasteiger partial charge in [-0.05, 0) is 151 Å². The molecule has 9 rings (SSSR count). The van der Waals surface area contributed by atoms with Crippen LogP contribution in [0.5, 0.6) is 0 Å². The average Bonchev–Trinajstić information content (AvgIpc) is 0.708. The van der Waals surface area contributed by atoms with E-state index >= 15 is 0 Å². The van der Waals surface area contributed by atoms with Gasteiger partial charge >= 0.3 is 11.4 Å². The van der Waals surface area contributed by atoms with Crippen molar-refractivity contribution < 1.29 is 47.4 Å². The number of carbonyl (C=O) groups is 6. The van der Waals surface area contributed by atoms with Crippen LogP contribution in [0.4, 0.5) is 5.69 Å². The van der Waals surface area contributed by atoms with Crippen molar-refractivity contribution in [3.63, 3.8) is 0 Å². The number of carbonyl (C=O) groups excluding carboxylic acids is 6. The first kappa shape index (κ1) is 73.9. The number of nitrogens with one attached hydrogen (secondary N) is 2. The number of ether oxygens (including phenoxy) is 3. The number of Topliss-reactive ketones (excluding diaryl/α,β-unsaturated/α-hetero) is 2. The standard InChI is InChI=1S/C73H99N11O12/c1-82(70(90)65-48-54(80-81-77)49-84(65)69(89)52-23-27-60-64(46-52)83(2)72(92)96-71(60)91)35-37-94-39-41-95-40-38-93-36-34-78-66(87)29-30-73-61-44-50(42-55(85)18-12-6-3-9-15-31-74)21-25-57(61)68(58-26-22-51(45-62(58)73)43-56(86)19-13-7-4-10-16-32-75)59-28-24-53(47-63(59)73)79-67(88)20-14-8-5-11-17-33-76/h21-28,44-47,54,65,68H,3-20,29-43,48-49,74-76H2,1-2H3,(H,78,87)(H,79,88)/t54-,65-,68?,73?/m0/s1. The van der Waals surface area contributed by atoms with Crippen LogP contribution in [0.25, 0.3) is 21.3 Å². The van der Waals surface area contributed by atoms with E-state index in [2.05, 4.69) is 69.2 Å². The maximum Gasteiger partial charge on any atom is 0.422 e. The number of hydrogen-bond donors (Lipinski definition) is 5.